The van der Waals surface area contributed by atoms with Crippen LogP contribution in [0.25, 0.3) is 11.0 Å². The summed E-state index contributed by atoms with van der Waals surface area (Å²) < 4.78 is 47.7. The van der Waals surface area contributed by atoms with E-state index in [1.807, 2.05) is 0 Å². The molecular formula is C14H13ClFN5O3S. The topological polar surface area (TPSA) is 109 Å². The monoisotopic (exact) mass is 385 g/mol. The SMILES string of the molecule is Cn1ncc2c(NCc3ccc(NS(=O)(=O)O)cc3F)cc(Cl)nc21. The van der Waals surface area contributed by atoms with Crippen LogP contribution in [0.1, 0.15) is 5.56 Å². The van der Waals surface area contributed by atoms with E-state index in [-0.39, 0.29) is 17.4 Å². The molecule has 3 rings (SSSR count). The largest absolute Gasteiger partial charge is 0.380 e. The van der Waals surface area contributed by atoms with Crippen molar-refractivity contribution < 1.29 is 17.4 Å². The van der Waals surface area contributed by atoms with E-state index in [1.165, 1.54) is 12.1 Å². The van der Waals surface area contributed by atoms with Crippen LogP contribution < -0.4 is 10.0 Å². The number of aromatic nitrogens is 3. The summed E-state index contributed by atoms with van der Waals surface area (Å²) in [6.45, 7) is 0.127. The Labute approximate surface area is 147 Å². The number of hydrogen-bond acceptors (Lipinski definition) is 5. The van der Waals surface area contributed by atoms with Crippen molar-refractivity contribution in [1.29, 1.82) is 0 Å². The first-order chi connectivity index (χ1) is 11.7. The van der Waals surface area contributed by atoms with Crippen LogP contribution in [0.3, 0.4) is 0 Å². The van der Waals surface area contributed by atoms with Gasteiger partial charge in [0.1, 0.15) is 11.0 Å². The van der Waals surface area contributed by atoms with Crippen molar-refractivity contribution in [3.63, 3.8) is 0 Å². The lowest BCUT2D eigenvalue weighted by Gasteiger charge is -2.10. The molecule has 3 aromatic rings. The lowest BCUT2D eigenvalue weighted by Crippen LogP contribution is -2.11. The number of fused-ring (bicyclic) bond motifs is 1. The molecule has 0 unspecified atom stereocenters. The van der Waals surface area contributed by atoms with Gasteiger partial charge in [-0.25, -0.2) is 9.37 Å². The second kappa shape index (κ2) is 6.47. The van der Waals surface area contributed by atoms with Crippen molar-refractivity contribution in [2.45, 2.75) is 6.54 Å². The zero-order valence-electron chi connectivity index (χ0n) is 12.9. The second-order valence-electron chi connectivity index (χ2n) is 5.23. The van der Waals surface area contributed by atoms with Crippen molar-refractivity contribution in [2.24, 2.45) is 7.05 Å². The second-order valence-corrected chi connectivity index (χ2v) is 6.78. The lowest BCUT2D eigenvalue weighted by atomic mass is 10.2. The summed E-state index contributed by atoms with van der Waals surface area (Å²) in [6, 6.07) is 5.33. The summed E-state index contributed by atoms with van der Waals surface area (Å²) in [5.74, 6) is -0.635. The molecule has 0 radical (unpaired) electrons. The van der Waals surface area contributed by atoms with Gasteiger partial charge in [0.25, 0.3) is 0 Å². The molecular weight excluding hydrogens is 373 g/mol. The Morgan fingerprint density at radius 3 is 2.80 bits per heavy atom. The quantitative estimate of drug-likeness (QED) is 0.460. The van der Waals surface area contributed by atoms with Crippen molar-refractivity contribution >= 4 is 44.3 Å². The highest BCUT2D eigenvalue weighted by Gasteiger charge is 2.11. The molecule has 0 amide bonds. The summed E-state index contributed by atoms with van der Waals surface area (Å²) in [4.78, 5) is 4.18. The van der Waals surface area contributed by atoms with Crippen LogP contribution >= 0.6 is 11.6 Å². The first-order valence-corrected chi connectivity index (χ1v) is 8.80. The van der Waals surface area contributed by atoms with Crippen molar-refractivity contribution in [2.75, 3.05) is 10.0 Å². The van der Waals surface area contributed by atoms with Gasteiger partial charge in [-0.1, -0.05) is 17.7 Å². The molecule has 11 heteroatoms. The van der Waals surface area contributed by atoms with Crippen LogP contribution in [0.5, 0.6) is 0 Å². The van der Waals surface area contributed by atoms with E-state index in [0.717, 1.165) is 11.5 Å². The molecule has 0 bridgehead atoms. The molecule has 8 nitrogen and oxygen atoms in total. The summed E-state index contributed by atoms with van der Waals surface area (Å²) in [6.07, 6.45) is 1.62. The number of pyridine rings is 1. The highest BCUT2D eigenvalue weighted by atomic mass is 35.5. The van der Waals surface area contributed by atoms with E-state index in [4.69, 9.17) is 16.2 Å². The normalized spacial score (nSPS) is 11.7. The van der Waals surface area contributed by atoms with Crippen molar-refractivity contribution in [1.82, 2.24) is 14.8 Å². The number of aryl methyl sites for hydroxylation is 1. The van der Waals surface area contributed by atoms with Gasteiger partial charge in [-0.05, 0) is 18.2 Å². The van der Waals surface area contributed by atoms with Crippen molar-refractivity contribution in [3.8, 4) is 0 Å². The Morgan fingerprint density at radius 2 is 2.12 bits per heavy atom. The minimum absolute atomic E-state index is 0.0784. The molecule has 1 aromatic carbocycles. The average molecular weight is 386 g/mol. The number of nitrogens with zero attached hydrogens (tertiary/aromatic N) is 3. The molecule has 0 atom stereocenters. The Kier molecular flexibility index (Phi) is 4.50. The Morgan fingerprint density at radius 1 is 1.36 bits per heavy atom. The Balaban J connectivity index is 1.82. The maximum Gasteiger partial charge on any atom is 0.357 e. The Bertz CT molecular complexity index is 1050. The van der Waals surface area contributed by atoms with Crippen LogP contribution in [0.2, 0.25) is 5.15 Å². The van der Waals surface area contributed by atoms with Crippen LogP contribution in [-0.2, 0) is 23.9 Å². The average Bonchev–Trinajstić information content (AvgIpc) is 2.86. The Hall–Kier alpha value is -2.43. The molecule has 2 aromatic heterocycles. The molecule has 25 heavy (non-hydrogen) atoms. The molecule has 2 heterocycles. The number of halogens is 2. The van der Waals surface area contributed by atoms with Gasteiger partial charge in [-0.2, -0.15) is 13.5 Å². The molecule has 0 aliphatic heterocycles. The van der Waals surface area contributed by atoms with Crippen LogP contribution in [0.15, 0.2) is 30.5 Å². The number of nitrogens with one attached hydrogen (secondary N) is 2. The fourth-order valence-corrected chi connectivity index (χ4v) is 2.94. The van der Waals surface area contributed by atoms with Gasteiger partial charge in [0.15, 0.2) is 5.65 Å². The summed E-state index contributed by atoms with van der Waals surface area (Å²) in [7, 11) is -2.72. The smallest absolute Gasteiger partial charge is 0.357 e. The third kappa shape index (κ3) is 3.98. The van der Waals surface area contributed by atoms with E-state index >= 15 is 0 Å². The third-order valence-corrected chi connectivity index (χ3v) is 4.13. The third-order valence-electron chi connectivity index (χ3n) is 3.44. The van der Waals surface area contributed by atoms with Crippen LogP contribution in [0, 0.1) is 5.82 Å². The first kappa shape index (κ1) is 17.4. The first-order valence-electron chi connectivity index (χ1n) is 6.99. The minimum atomic E-state index is -4.45. The molecule has 0 fully saturated rings. The van der Waals surface area contributed by atoms with E-state index in [0.29, 0.717) is 16.9 Å². The number of rotatable bonds is 5. The molecule has 3 N–H and O–H groups in total. The van der Waals surface area contributed by atoms with Gasteiger partial charge in [0.05, 0.1) is 23.0 Å². The number of hydrogen-bond donors (Lipinski definition) is 3. The molecule has 0 saturated heterocycles. The van der Waals surface area contributed by atoms with Gasteiger partial charge < -0.3 is 5.32 Å². The van der Waals surface area contributed by atoms with Gasteiger partial charge in [-0.3, -0.25) is 14.0 Å². The lowest BCUT2D eigenvalue weighted by molar-refractivity contribution is 0.489. The number of anilines is 2. The van der Waals surface area contributed by atoms with E-state index in [1.54, 1.807) is 28.7 Å². The molecule has 132 valence electrons. The summed E-state index contributed by atoms with van der Waals surface area (Å²) in [5, 5.41) is 8.17. The fraction of sp³-hybridized carbons (Fsp3) is 0.143. The maximum absolute atomic E-state index is 14.1. The standard InChI is InChI=1S/C14H13ClFN5O3S/c1-21-14-10(7-18-21)12(5-13(15)19-14)17-6-8-2-3-9(4-11(8)16)20-25(22,23)24/h2-5,7,20H,6H2,1H3,(H,17,19)(H,22,23,24). The molecule has 0 saturated carbocycles. The van der Waals surface area contributed by atoms with E-state index < -0.39 is 16.1 Å². The number of benzene rings is 1. The fourth-order valence-electron chi connectivity index (χ4n) is 2.32. The predicted octanol–water partition coefficient (Wildman–Crippen LogP) is 2.59. The van der Waals surface area contributed by atoms with Crippen molar-refractivity contribution in [3.05, 3.63) is 47.0 Å². The molecule has 0 aliphatic rings. The van der Waals surface area contributed by atoms with Gasteiger partial charge >= 0.3 is 10.3 Å². The van der Waals surface area contributed by atoms with E-state index in [2.05, 4.69) is 15.4 Å². The van der Waals surface area contributed by atoms with Gasteiger partial charge in [-0.15, -0.1) is 0 Å². The van der Waals surface area contributed by atoms with Gasteiger partial charge in [0, 0.05) is 19.2 Å². The molecule has 0 spiro atoms. The zero-order valence-corrected chi connectivity index (χ0v) is 14.4. The van der Waals surface area contributed by atoms with Crippen LogP contribution in [0.4, 0.5) is 15.8 Å². The zero-order chi connectivity index (χ0) is 18.2. The maximum atomic E-state index is 14.1. The predicted molar refractivity (Wildman–Crippen MR) is 92.4 cm³/mol. The summed E-state index contributed by atoms with van der Waals surface area (Å²) >= 11 is 5.99. The highest BCUT2D eigenvalue weighted by molar-refractivity contribution is 7.87. The summed E-state index contributed by atoms with van der Waals surface area (Å²) in [5.41, 5.74) is 1.45. The van der Waals surface area contributed by atoms with Crippen LogP contribution in [-0.4, -0.2) is 27.7 Å². The van der Waals surface area contributed by atoms with E-state index in [9.17, 15) is 12.8 Å². The van der Waals surface area contributed by atoms with Gasteiger partial charge in [0.2, 0.25) is 0 Å². The highest BCUT2D eigenvalue weighted by Crippen LogP contribution is 2.26. The minimum Gasteiger partial charge on any atom is -0.380 e. The molecule has 0 aliphatic carbocycles.